The molecule has 0 aliphatic rings. The zero-order valence-electron chi connectivity index (χ0n) is 13.0. The number of hydrogen-bond acceptors (Lipinski definition) is 2. The molecule has 2 aromatic rings. The summed E-state index contributed by atoms with van der Waals surface area (Å²) in [5.74, 6) is 5.85. The standard InChI is InChI=1S/C18H24N2/c1-11-8-14(4)17(15(5)9-11)18(20-19)16-7-6-12(2)13(3)10-16/h6-10,18,20H,19H2,1-5H3. The van der Waals surface area contributed by atoms with Gasteiger partial charge in [-0.2, -0.15) is 0 Å². The molecule has 0 spiro atoms. The lowest BCUT2D eigenvalue weighted by Crippen LogP contribution is -2.30. The third-order valence-electron chi connectivity index (χ3n) is 4.06. The molecule has 0 saturated heterocycles. The summed E-state index contributed by atoms with van der Waals surface area (Å²) < 4.78 is 0. The molecule has 0 bridgehead atoms. The van der Waals surface area contributed by atoms with Gasteiger partial charge in [0.1, 0.15) is 0 Å². The number of hydrogen-bond donors (Lipinski definition) is 2. The van der Waals surface area contributed by atoms with Gasteiger partial charge in [0, 0.05) is 0 Å². The molecule has 2 nitrogen and oxygen atoms in total. The molecule has 0 aromatic heterocycles. The van der Waals surface area contributed by atoms with Crippen molar-refractivity contribution in [2.24, 2.45) is 5.84 Å². The molecule has 2 rings (SSSR count). The van der Waals surface area contributed by atoms with Crippen molar-refractivity contribution < 1.29 is 0 Å². The van der Waals surface area contributed by atoms with E-state index in [0.29, 0.717) is 0 Å². The van der Waals surface area contributed by atoms with E-state index in [-0.39, 0.29) is 6.04 Å². The zero-order valence-corrected chi connectivity index (χ0v) is 13.0. The van der Waals surface area contributed by atoms with Gasteiger partial charge in [0.05, 0.1) is 6.04 Å². The summed E-state index contributed by atoms with van der Waals surface area (Å²) in [7, 11) is 0. The van der Waals surface area contributed by atoms with Gasteiger partial charge < -0.3 is 0 Å². The van der Waals surface area contributed by atoms with Gasteiger partial charge in [-0.1, -0.05) is 35.9 Å². The highest BCUT2D eigenvalue weighted by atomic mass is 15.2. The van der Waals surface area contributed by atoms with E-state index in [2.05, 4.69) is 70.4 Å². The Morgan fingerprint density at radius 1 is 0.800 bits per heavy atom. The summed E-state index contributed by atoms with van der Waals surface area (Å²) in [6, 6.07) is 11.0. The van der Waals surface area contributed by atoms with Crippen molar-refractivity contribution in [3.05, 3.63) is 69.3 Å². The second kappa shape index (κ2) is 5.78. The Hall–Kier alpha value is -1.64. The maximum Gasteiger partial charge on any atom is 0.0715 e. The summed E-state index contributed by atoms with van der Waals surface area (Å²) in [5.41, 5.74) is 11.9. The van der Waals surface area contributed by atoms with Crippen LogP contribution in [0.25, 0.3) is 0 Å². The van der Waals surface area contributed by atoms with Crippen LogP contribution in [0.15, 0.2) is 30.3 Å². The van der Waals surface area contributed by atoms with E-state index in [1.54, 1.807) is 0 Å². The Morgan fingerprint density at radius 3 is 1.90 bits per heavy atom. The van der Waals surface area contributed by atoms with E-state index in [9.17, 15) is 0 Å². The minimum atomic E-state index is 0.0369. The lowest BCUT2D eigenvalue weighted by molar-refractivity contribution is 0.629. The zero-order chi connectivity index (χ0) is 14.9. The topological polar surface area (TPSA) is 38.0 Å². The molecular formula is C18H24N2. The first kappa shape index (κ1) is 14.8. The van der Waals surface area contributed by atoms with Gasteiger partial charge in [-0.15, -0.1) is 0 Å². The molecule has 0 radical (unpaired) electrons. The minimum Gasteiger partial charge on any atom is -0.271 e. The van der Waals surface area contributed by atoms with Crippen molar-refractivity contribution in [1.29, 1.82) is 0 Å². The predicted octanol–water partition coefficient (Wildman–Crippen LogP) is 3.78. The molecule has 2 aromatic carbocycles. The fourth-order valence-corrected chi connectivity index (χ4v) is 2.94. The molecule has 0 aliphatic heterocycles. The van der Waals surface area contributed by atoms with Crippen LogP contribution in [-0.4, -0.2) is 0 Å². The minimum absolute atomic E-state index is 0.0369. The van der Waals surface area contributed by atoms with Crippen molar-refractivity contribution in [2.45, 2.75) is 40.7 Å². The Bertz CT molecular complexity index is 606. The van der Waals surface area contributed by atoms with E-state index >= 15 is 0 Å². The van der Waals surface area contributed by atoms with Crippen LogP contribution in [0.3, 0.4) is 0 Å². The molecule has 0 amide bonds. The molecular weight excluding hydrogens is 244 g/mol. The van der Waals surface area contributed by atoms with Crippen molar-refractivity contribution in [3.8, 4) is 0 Å². The Kier molecular flexibility index (Phi) is 4.26. The van der Waals surface area contributed by atoms with Crippen LogP contribution in [-0.2, 0) is 0 Å². The average Bonchev–Trinajstić information content (AvgIpc) is 2.37. The lowest BCUT2D eigenvalue weighted by atomic mass is 9.89. The highest BCUT2D eigenvalue weighted by Crippen LogP contribution is 2.29. The lowest BCUT2D eigenvalue weighted by Gasteiger charge is -2.22. The maximum atomic E-state index is 5.85. The van der Waals surface area contributed by atoms with Crippen LogP contribution < -0.4 is 11.3 Å². The third kappa shape index (κ3) is 2.77. The van der Waals surface area contributed by atoms with Gasteiger partial charge in [-0.05, 0) is 68.0 Å². The Balaban J connectivity index is 2.55. The summed E-state index contributed by atoms with van der Waals surface area (Å²) >= 11 is 0. The molecule has 0 heterocycles. The molecule has 106 valence electrons. The van der Waals surface area contributed by atoms with E-state index in [0.717, 1.165) is 0 Å². The fourth-order valence-electron chi connectivity index (χ4n) is 2.94. The maximum absolute atomic E-state index is 5.85. The Morgan fingerprint density at radius 2 is 1.40 bits per heavy atom. The van der Waals surface area contributed by atoms with Crippen LogP contribution in [0.4, 0.5) is 0 Å². The van der Waals surface area contributed by atoms with Gasteiger partial charge >= 0.3 is 0 Å². The van der Waals surface area contributed by atoms with E-state index in [1.807, 2.05) is 0 Å². The van der Waals surface area contributed by atoms with Gasteiger partial charge in [-0.3, -0.25) is 5.84 Å². The molecule has 0 saturated carbocycles. The third-order valence-corrected chi connectivity index (χ3v) is 4.06. The smallest absolute Gasteiger partial charge is 0.0715 e. The molecule has 2 heteroatoms. The largest absolute Gasteiger partial charge is 0.271 e. The molecule has 3 N–H and O–H groups in total. The monoisotopic (exact) mass is 268 g/mol. The molecule has 0 fully saturated rings. The molecule has 1 atom stereocenters. The van der Waals surface area contributed by atoms with Gasteiger partial charge in [0.15, 0.2) is 0 Å². The fraction of sp³-hybridized carbons (Fsp3) is 0.333. The van der Waals surface area contributed by atoms with E-state index < -0.39 is 0 Å². The number of hydrazine groups is 1. The van der Waals surface area contributed by atoms with E-state index in [1.165, 1.54) is 38.9 Å². The first-order valence-electron chi connectivity index (χ1n) is 7.05. The van der Waals surface area contributed by atoms with Gasteiger partial charge in [0.25, 0.3) is 0 Å². The van der Waals surface area contributed by atoms with E-state index in [4.69, 9.17) is 5.84 Å². The first-order chi connectivity index (χ1) is 9.43. The summed E-state index contributed by atoms with van der Waals surface area (Å²) in [5, 5.41) is 0. The second-order valence-corrected chi connectivity index (χ2v) is 5.76. The van der Waals surface area contributed by atoms with Crippen LogP contribution in [0.1, 0.15) is 45.0 Å². The number of rotatable bonds is 3. The molecule has 1 unspecified atom stereocenters. The van der Waals surface area contributed by atoms with Gasteiger partial charge in [-0.25, -0.2) is 5.43 Å². The predicted molar refractivity (Wildman–Crippen MR) is 85.7 cm³/mol. The Labute approximate surface area is 122 Å². The highest BCUT2D eigenvalue weighted by Gasteiger charge is 2.17. The average molecular weight is 268 g/mol. The van der Waals surface area contributed by atoms with Crippen molar-refractivity contribution in [1.82, 2.24) is 5.43 Å². The van der Waals surface area contributed by atoms with Crippen LogP contribution >= 0.6 is 0 Å². The number of nitrogens with one attached hydrogen (secondary N) is 1. The quantitative estimate of drug-likeness (QED) is 0.656. The highest BCUT2D eigenvalue weighted by molar-refractivity contribution is 5.45. The van der Waals surface area contributed by atoms with Crippen LogP contribution in [0, 0.1) is 34.6 Å². The second-order valence-electron chi connectivity index (χ2n) is 5.76. The number of nitrogens with two attached hydrogens (primary N) is 1. The van der Waals surface area contributed by atoms with Crippen LogP contribution in [0.5, 0.6) is 0 Å². The van der Waals surface area contributed by atoms with Crippen molar-refractivity contribution >= 4 is 0 Å². The summed E-state index contributed by atoms with van der Waals surface area (Å²) in [6.07, 6.45) is 0. The molecule has 20 heavy (non-hydrogen) atoms. The summed E-state index contributed by atoms with van der Waals surface area (Å²) in [4.78, 5) is 0. The number of benzene rings is 2. The normalized spacial score (nSPS) is 12.5. The summed E-state index contributed by atoms with van der Waals surface area (Å²) in [6.45, 7) is 10.7. The SMILES string of the molecule is Cc1cc(C)c(C(NN)c2ccc(C)c(C)c2)c(C)c1. The first-order valence-corrected chi connectivity index (χ1v) is 7.05. The van der Waals surface area contributed by atoms with Gasteiger partial charge in [0.2, 0.25) is 0 Å². The van der Waals surface area contributed by atoms with Crippen molar-refractivity contribution in [2.75, 3.05) is 0 Å². The molecule has 0 aliphatic carbocycles. The van der Waals surface area contributed by atoms with Crippen LogP contribution in [0.2, 0.25) is 0 Å². The van der Waals surface area contributed by atoms with Crippen molar-refractivity contribution in [3.63, 3.8) is 0 Å². The number of aryl methyl sites for hydroxylation is 5.